The van der Waals surface area contributed by atoms with Crippen LogP contribution in [0, 0.1) is 0 Å². The minimum Gasteiger partial charge on any atom is -0.455 e. The predicted octanol–water partition coefficient (Wildman–Crippen LogP) is 15.0. The third-order valence-electron chi connectivity index (χ3n) is 11.6. The maximum absolute atomic E-state index is 9.14. The zero-order valence-electron chi connectivity index (χ0n) is 40.1. The molecule has 0 spiro atoms. The molecule has 0 aliphatic heterocycles. The van der Waals surface area contributed by atoms with Crippen molar-refractivity contribution in [3.8, 4) is 62.2 Å². The number of furan rings is 1. The van der Waals surface area contributed by atoms with Crippen LogP contribution in [0.15, 0.2) is 205 Å². The molecule has 0 radical (unpaired) electrons. The van der Waals surface area contributed by atoms with E-state index in [-0.39, 0.29) is 57.8 Å². The van der Waals surface area contributed by atoms with Gasteiger partial charge in [-0.05, 0) is 77.3 Å². The Morgan fingerprint density at radius 2 is 1.19 bits per heavy atom. The number of hydrogen-bond acceptors (Lipinski definition) is 6. The van der Waals surface area contributed by atoms with Crippen LogP contribution in [0.3, 0.4) is 0 Å². The van der Waals surface area contributed by atoms with Crippen LogP contribution >= 0.6 is 11.3 Å². The molecule has 63 heavy (non-hydrogen) atoms. The quantitative estimate of drug-likeness (QED) is 0.167. The van der Waals surface area contributed by atoms with Gasteiger partial charge in [-0.25, -0.2) is 15.0 Å². The third-order valence-corrected chi connectivity index (χ3v) is 12.9. The van der Waals surface area contributed by atoms with Crippen molar-refractivity contribution in [1.82, 2.24) is 24.5 Å². The van der Waals surface area contributed by atoms with Crippen molar-refractivity contribution < 1.29 is 14.0 Å². The summed E-state index contributed by atoms with van der Waals surface area (Å²) in [7, 11) is 0. The molecule has 5 heterocycles. The lowest BCUT2D eigenvalue weighted by molar-refractivity contribution is 0.670. The van der Waals surface area contributed by atoms with E-state index in [0.29, 0.717) is 28.6 Å². The monoisotopic (exact) mass is 830 g/mol. The van der Waals surface area contributed by atoms with Gasteiger partial charge in [0, 0.05) is 64.6 Å². The lowest BCUT2D eigenvalue weighted by Gasteiger charge is -2.14. The molecule has 7 heteroatoms. The lowest BCUT2D eigenvalue weighted by Crippen LogP contribution is -2.04. The largest absolute Gasteiger partial charge is 0.455 e. The predicted molar refractivity (Wildman–Crippen MR) is 259 cm³/mol. The maximum atomic E-state index is 9.14. The number of hydrogen-bond donors (Lipinski definition) is 0. The molecule has 0 amide bonds. The van der Waals surface area contributed by atoms with E-state index in [1.807, 2.05) is 60.7 Å². The first-order chi connectivity index (χ1) is 34.1. The lowest BCUT2D eigenvalue weighted by atomic mass is 9.98. The average molecular weight is 831 g/mol. The standard InChI is InChI=1S/C56H33N5OS/c1-5-25-47-39(16-1)40-17-2-6-26-48(40)61(47)49-27-7-3-19-44(49)55-58-54(59-56(60-55)46-24-9-10-31-57-46)36-15-11-14-34(32-36)38-21-13-23-43-45-33-35(29-30-51(45)63-53(38)43)37-20-12-22-42-41-18-4-8-28-50(41)62-52(37)42/h1-33H/i1D,2D,5D,16D,17D,25D,26D. The normalized spacial score (nSPS) is 13.4. The fourth-order valence-corrected chi connectivity index (χ4v) is 10.0. The summed E-state index contributed by atoms with van der Waals surface area (Å²) in [6.45, 7) is 0. The molecule has 0 aliphatic carbocycles. The SMILES string of the molecule is [2H]c1cc([2H])c2c(c1[2H])c1c([2H])c([2H])c([2H])c([2H])c1n2-c1ccccc1-c1nc(-c2cccc(-c3cccc4c3sc3ccc(-c5cccc6c5oc5ccccc56)cc34)c2)nc(-c2ccccn2)n1. The van der Waals surface area contributed by atoms with Gasteiger partial charge in [0.15, 0.2) is 17.5 Å². The Hall–Kier alpha value is -8.26. The van der Waals surface area contributed by atoms with E-state index in [4.69, 9.17) is 29.0 Å². The van der Waals surface area contributed by atoms with Gasteiger partial charge in [0.2, 0.25) is 0 Å². The highest BCUT2D eigenvalue weighted by molar-refractivity contribution is 7.26. The second-order valence-electron chi connectivity index (χ2n) is 15.2. The van der Waals surface area contributed by atoms with Gasteiger partial charge < -0.3 is 8.98 Å². The van der Waals surface area contributed by atoms with E-state index in [1.165, 1.54) is 6.07 Å². The first kappa shape index (κ1) is 29.1. The molecule has 0 unspecified atom stereocenters. The molecule has 0 aliphatic rings. The molecule has 0 fully saturated rings. The van der Waals surface area contributed by atoms with Crippen molar-refractivity contribution >= 4 is 75.3 Å². The van der Waals surface area contributed by atoms with Gasteiger partial charge in [-0.2, -0.15) is 0 Å². The topological polar surface area (TPSA) is 69.6 Å². The molecule has 13 aromatic rings. The molecule has 294 valence electrons. The van der Waals surface area contributed by atoms with E-state index in [9.17, 15) is 0 Å². The van der Waals surface area contributed by atoms with Crippen molar-refractivity contribution in [2.24, 2.45) is 0 Å². The van der Waals surface area contributed by atoms with Crippen molar-refractivity contribution in [3.05, 3.63) is 200 Å². The van der Waals surface area contributed by atoms with Gasteiger partial charge in [0.1, 0.15) is 16.9 Å². The molecule has 5 aromatic heterocycles. The first-order valence-electron chi connectivity index (χ1n) is 23.9. The molecule has 0 atom stereocenters. The number of thiophene rings is 1. The minimum atomic E-state index is -0.471. The molecule has 13 rings (SSSR count). The van der Waals surface area contributed by atoms with Gasteiger partial charge >= 0.3 is 0 Å². The number of pyridine rings is 1. The third kappa shape index (κ3) is 5.71. The van der Waals surface area contributed by atoms with E-state index < -0.39 is 12.1 Å². The summed E-state index contributed by atoms with van der Waals surface area (Å²) < 4.78 is 72.2. The average Bonchev–Trinajstić information content (AvgIpc) is 4.10. The van der Waals surface area contributed by atoms with Crippen LogP contribution < -0.4 is 0 Å². The van der Waals surface area contributed by atoms with E-state index >= 15 is 0 Å². The van der Waals surface area contributed by atoms with Crippen LogP contribution in [0.25, 0.3) is 126 Å². The van der Waals surface area contributed by atoms with E-state index in [1.54, 1.807) is 34.2 Å². The summed E-state index contributed by atoms with van der Waals surface area (Å²) in [5, 5.41) is 4.62. The summed E-state index contributed by atoms with van der Waals surface area (Å²) in [5.41, 5.74) is 8.20. The molecule has 0 N–H and O–H groups in total. The van der Waals surface area contributed by atoms with Gasteiger partial charge in [0.05, 0.1) is 26.3 Å². The van der Waals surface area contributed by atoms with Crippen LogP contribution in [-0.4, -0.2) is 24.5 Å². The fourth-order valence-electron chi connectivity index (χ4n) is 8.79. The first-order valence-corrected chi connectivity index (χ1v) is 21.2. The van der Waals surface area contributed by atoms with Crippen LogP contribution in [0.5, 0.6) is 0 Å². The van der Waals surface area contributed by atoms with Crippen LogP contribution in [0.2, 0.25) is 0 Å². The molecular formula is C56H33N5OS. The Morgan fingerprint density at radius 3 is 2.13 bits per heavy atom. The Bertz CT molecular complexity index is 4360. The summed E-state index contributed by atoms with van der Waals surface area (Å²) in [6.07, 6.45) is 1.67. The number of fused-ring (bicyclic) bond motifs is 9. The summed E-state index contributed by atoms with van der Waals surface area (Å²) in [5.74, 6) is 0.921. The van der Waals surface area contributed by atoms with Crippen LogP contribution in [0.4, 0.5) is 0 Å². The zero-order valence-corrected chi connectivity index (χ0v) is 33.9. The number of aromatic nitrogens is 5. The zero-order chi connectivity index (χ0) is 47.5. The van der Waals surface area contributed by atoms with Crippen LogP contribution in [-0.2, 0) is 0 Å². The molecule has 0 saturated heterocycles. The fraction of sp³-hybridized carbons (Fsp3) is 0. The molecule has 0 bridgehead atoms. The maximum Gasteiger partial charge on any atom is 0.182 e. The van der Waals surface area contributed by atoms with Gasteiger partial charge in [-0.1, -0.05) is 133 Å². The highest BCUT2D eigenvalue weighted by atomic mass is 32.1. The van der Waals surface area contributed by atoms with Gasteiger partial charge in [-0.3, -0.25) is 4.98 Å². The van der Waals surface area contributed by atoms with E-state index in [2.05, 4.69) is 77.8 Å². The highest BCUT2D eigenvalue weighted by Crippen LogP contribution is 2.44. The smallest absolute Gasteiger partial charge is 0.182 e. The van der Waals surface area contributed by atoms with E-state index in [0.717, 1.165) is 69.9 Å². The summed E-state index contributed by atoms with van der Waals surface area (Å²) in [6, 6.07) is 47.3. The molecular weight excluding hydrogens is 791 g/mol. The number of rotatable bonds is 6. The van der Waals surface area contributed by atoms with Crippen molar-refractivity contribution in [2.45, 2.75) is 0 Å². The highest BCUT2D eigenvalue weighted by Gasteiger charge is 2.20. The number of para-hydroxylation sites is 5. The van der Waals surface area contributed by atoms with Crippen molar-refractivity contribution in [3.63, 3.8) is 0 Å². The Morgan fingerprint density at radius 1 is 0.476 bits per heavy atom. The van der Waals surface area contributed by atoms with Gasteiger partial charge in [0.25, 0.3) is 0 Å². The van der Waals surface area contributed by atoms with Gasteiger partial charge in [-0.15, -0.1) is 11.3 Å². The van der Waals surface area contributed by atoms with Crippen LogP contribution in [0.1, 0.15) is 9.60 Å². The Kier molecular flexibility index (Phi) is 6.54. The van der Waals surface area contributed by atoms with Crippen molar-refractivity contribution in [2.75, 3.05) is 0 Å². The molecule has 6 nitrogen and oxygen atoms in total. The van der Waals surface area contributed by atoms with Crippen molar-refractivity contribution in [1.29, 1.82) is 0 Å². The molecule has 8 aromatic carbocycles. The number of nitrogens with zero attached hydrogens (tertiary/aromatic N) is 5. The Balaban J connectivity index is 0.974. The number of benzene rings is 8. The summed E-state index contributed by atoms with van der Waals surface area (Å²) >= 11 is 1.75. The minimum absolute atomic E-state index is 0.0557. The summed E-state index contributed by atoms with van der Waals surface area (Å²) in [4.78, 5) is 19.7. The Labute approximate surface area is 374 Å². The second-order valence-corrected chi connectivity index (χ2v) is 16.3. The second kappa shape index (κ2) is 14.2. The molecule has 0 saturated carbocycles.